The summed E-state index contributed by atoms with van der Waals surface area (Å²) in [7, 11) is 0. The molecule has 5 heteroatoms. The van der Waals surface area contributed by atoms with E-state index in [-0.39, 0.29) is 5.91 Å². The summed E-state index contributed by atoms with van der Waals surface area (Å²) >= 11 is 5.81. The maximum absolute atomic E-state index is 12.3. The number of benzene rings is 2. The van der Waals surface area contributed by atoms with Crippen LogP contribution in [0.1, 0.15) is 10.4 Å². The van der Waals surface area contributed by atoms with Crippen LogP contribution in [0.25, 0.3) is 0 Å². The fraction of sp³-hybridized carbons (Fsp3) is 0.133. The molecule has 0 unspecified atom stereocenters. The van der Waals surface area contributed by atoms with Gasteiger partial charge in [0.15, 0.2) is 11.5 Å². The third-order valence-electron chi connectivity index (χ3n) is 2.91. The summed E-state index contributed by atoms with van der Waals surface area (Å²) in [5.74, 6) is 0.847. The van der Waals surface area contributed by atoms with Crippen LogP contribution in [0.5, 0.6) is 11.5 Å². The topological polar surface area (TPSA) is 47.6 Å². The van der Waals surface area contributed by atoms with Crippen molar-refractivity contribution in [1.29, 1.82) is 0 Å². The number of ether oxygens (including phenoxy) is 2. The molecule has 1 heterocycles. The van der Waals surface area contributed by atoms with Crippen molar-refractivity contribution in [3.63, 3.8) is 0 Å². The summed E-state index contributed by atoms with van der Waals surface area (Å²) in [6.07, 6.45) is 0. The quantitative estimate of drug-likeness (QED) is 0.922. The fourth-order valence-electron chi connectivity index (χ4n) is 1.98. The van der Waals surface area contributed by atoms with Crippen molar-refractivity contribution in [1.82, 2.24) is 0 Å². The van der Waals surface area contributed by atoms with Crippen molar-refractivity contribution in [2.45, 2.75) is 0 Å². The zero-order chi connectivity index (χ0) is 13.9. The minimum absolute atomic E-state index is 0.241. The first-order valence-corrected chi connectivity index (χ1v) is 6.57. The molecule has 1 aliphatic rings. The number of hydrogen-bond donors (Lipinski definition) is 1. The molecule has 0 saturated heterocycles. The Kier molecular flexibility index (Phi) is 3.48. The van der Waals surface area contributed by atoms with E-state index in [1.807, 2.05) is 0 Å². The van der Waals surface area contributed by atoms with Gasteiger partial charge in [-0.3, -0.25) is 4.79 Å². The van der Waals surface area contributed by atoms with Crippen LogP contribution in [-0.2, 0) is 0 Å². The number of anilines is 1. The Balaban J connectivity index is 1.85. The Morgan fingerprint density at radius 3 is 2.60 bits per heavy atom. The largest absolute Gasteiger partial charge is 0.486 e. The fourth-order valence-corrected chi connectivity index (χ4v) is 2.11. The Morgan fingerprint density at radius 1 is 1.05 bits per heavy atom. The number of carbonyl (C=O) groups excluding carboxylic acids is 1. The van der Waals surface area contributed by atoms with Gasteiger partial charge in [0.05, 0.1) is 5.56 Å². The molecule has 1 aliphatic heterocycles. The van der Waals surface area contributed by atoms with Crippen LogP contribution in [-0.4, -0.2) is 19.1 Å². The van der Waals surface area contributed by atoms with E-state index >= 15 is 0 Å². The smallest absolute Gasteiger partial charge is 0.259 e. The van der Waals surface area contributed by atoms with E-state index in [1.54, 1.807) is 42.5 Å². The first-order chi connectivity index (χ1) is 9.74. The highest BCUT2D eigenvalue weighted by Gasteiger charge is 2.20. The van der Waals surface area contributed by atoms with Gasteiger partial charge in [0, 0.05) is 10.7 Å². The van der Waals surface area contributed by atoms with E-state index in [2.05, 4.69) is 5.32 Å². The number of para-hydroxylation sites is 1. The van der Waals surface area contributed by atoms with Gasteiger partial charge in [-0.05, 0) is 36.4 Å². The average molecular weight is 290 g/mol. The zero-order valence-corrected chi connectivity index (χ0v) is 11.3. The van der Waals surface area contributed by atoms with Gasteiger partial charge in [-0.25, -0.2) is 0 Å². The number of fused-ring (bicyclic) bond motifs is 1. The van der Waals surface area contributed by atoms with Crippen LogP contribution in [0.4, 0.5) is 5.69 Å². The van der Waals surface area contributed by atoms with Gasteiger partial charge in [0.25, 0.3) is 5.91 Å². The maximum Gasteiger partial charge on any atom is 0.259 e. The molecule has 0 fully saturated rings. The Bertz CT molecular complexity index is 640. The summed E-state index contributed by atoms with van der Waals surface area (Å²) in [5.41, 5.74) is 1.13. The summed E-state index contributed by atoms with van der Waals surface area (Å²) in [5, 5.41) is 3.42. The van der Waals surface area contributed by atoms with Gasteiger partial charge in [0.2, 0.25) is 0 Å². The zero-order valence-electron chi connectivity index (χ0n) is 10.6. The second-order valence-corrected chi connectivity index (χ2v) is 4.73. The van der Waals surface area contributed by atoms with Gasteiger partial charge in [-0.1, -0.05) is 17.7 Å². The second kappa shape index (κ2) is 5.43. The van der Waals surface area contributed by atoms with Crippen molar-refractivity contribution >= 4 is 23.2 Å². The van der Waals surface area contributed by atoms with Gasteiger partial charge in [-0.2, -0.15) is 0 Å². The standard InChI is InChI=1S/C15H12ClNO3/c16-10-4-6-11(7-5-10)17-15(18)12-2-1-3-13-14(12)20-9-8-19-13/h1-7H,8-9H2,(H,17,18). The summed E-state index contributed by atoms with van der Waals surface area (Å²) in [6, 6.07) is 12.2. The molecule has 1 N–H and O–H groups in total. The first-order valence-electron chi connectivity index (χ1n) is 6.19. The maximum atomic E-state index is 12.3. The highest BCUT2D eigenvalue weighted by atomic mass is 35.5. The van der Waals surface area contributed by atoms with Crippen LogP contribution >= 0.6 is 11.6 Å². The molecular weight excluding hydrogens is 278 g/mol. The third kappa shape index (κ3) is 2.56. The number of rotatable bonds is 2. The normalized spacial score (nSPS) is 12.8. The van der Waals surface area contributed by atoms with Crippen LogP contribution in [0.15, 0.2) is 42.5 Å². The van der Waals surface area contributed by atoms with E-state index in [0.29, 0.717) is 41.0 Å². The van der Waals surface area contributed by atoms with Gasteiger partial charge in [-0.15, -0.1) is 0 Å². The van der Waals surface area contributed by atoms with Gasteiger partial charge < -0.3 is 14.8 Å². The van der Waals surface area contributed by atoms with E-state index in [0.717, 1.165) is 0 Å². The van der Waals surface area contributed by atoms with E-state index in [4.69, 9.17) is 21.1 Å². The predicted molar refractivity (Wildman–Crippen MR) is 76.8 cm³/mol. The predicted octanol–water partition coefficient (Wildman–Crippen LogP) is 3.36. The number of nitrogens with one attached hydrogen (secondary N) is 1. The van der Waals surface area contributed by atoms with Crippen LogP contribution in [0, 0.1) is 0 Å². The van der Waals surface area contributed by atoms with Crippen molar-refractivity contribution in [3.05, 3.63) is 53.1 Å². The molecule has 2 aromatic rings. The Labute approximate surface area is 121 Å². The highest BCUT2D eigenvalue weighted by Crippen LogP contribution is 2.33. The highest BCUT2D eigenvalue weighted by molar-refractivity contribution is 6.30. The molecule has 4 nitrogen and oxygen atoms in total. The number of halogens is 1. The third-order valence-corrected chi connectivity index (χ3v) is 3.16. The van der Waals surface area contributed by atoms with Crippen molar-refractivity contribution in [3.8, 4) is 11.5 Å². The molecule has 0 atom stereocenters. The summed E-state index contributed by atoms with van der Waals surface area (Å²) < 4.78 is 11.0. The van der Waals surface area contributed by atoms with Gasteiger partial charge >= 0.3 is 0 Å². The van der Waals surface area contributed by atoms with Crippen molar-refractivity contribution in [2.24, 2.45) is 0 Å². The molecule has 20 heavy (non-hydrogen) atoms. The Morgan fingerprint density at radius 2 is 1.80 bits per heavy atom. The molecule has 0 spiro atoms. The van der Waals surface area contributed by atoms with Crippen LogP contribution < -0.4 is 14.8 Å². The number of hydrogen-bond acceptors (Lipinski definition) is 3. The monoisotopic (exact) mass is 289 g/mol. The number of carbonyl (C=O) groups is 1. The van der Waals surface area contributed by atoms with E-state index < -0.39 is 0 Å². The lowest BCUT2D eigenvalue weighted by Crippen LogP contribution is -2.20. The molecule has 3 rings (SSSR count). The second-order valence-electron chi connectivity index (χ2n) is 4.29. The molecule has 0 aromatic heterocycles. The van der Waals surface area contributed by atoms with E-state index in [9.17, 15) is 4.79 Å². The molecule has 102 valence electrons. The molecule has 0 radical (unpaired) electrons. The van der Waals surface area contributed by atoms with E-state index in [1.165, 1.54) is 0 Å². The number of amides is 1. The van der Waals surface area contributed by atoms with Crippen LogP contribution in [0.2, 0.25) is 5.02 Å². The summed E-state index contributed by atoms with van der Waals surface area (Å²) in [6.45, 7) is 0.938. The lowest BCUT2D eigenvalue weighted by atomic mass is 10.1. The van der Waals surface area contributed by atoms with Crippen LogP contribution in [0.3, 0.4) is 0 Å². The molecule has 0 bridgehead atoms. The lowest BCUT2D eigenvalue weighted by molar-refractivity contribution is 0.101. The lowest BCUT2D eigenvalue weighted by Gasteiger charge is -2.20. The van der Waals surface area contributed by atoms with Gasteiger partial charge in [0.1, 0.15) is 13.2 Å². The first kappa shape index (κ1) is 12.8. The Hall–Kier alpha value is -2.20. The summed E-state index contributed by atoms with van der Waals surface area (Å²) in [4.78, 5) is 12.3. The average Bonchev–Trinajstić information content (AvgIpc) is 2.49. The molecule has 2 aromatic carbocycles. The molecule has 0 aliphatic carbocycles. The molecular formula is C15H12ClNO3. The van der Waals surface area contributed by atoms with Crippen molar-refractivity contribution in [2.75, 3.05) is 18.5 Å². The molecule has 0 saturated carbocycles. The molecule has 1 amide bonds. The minimum atomic E-state index is -0.241. The minimum Gasteiger partial charge on any atom is -0.486 e. The SMILES string of the molecule is O=C(Nc1ccc(Cl)cc1)c1cccc2c1OCCO2. The van der Waals surface area contributed by atoms with Crippen molar-refractivity contribution < 1.29 is 14.3 Å².